The molecule has 90 valence electrons. The maximum Gasteiger partial charge on any atom is 0.410 e. The summed E-state index contributed by atoms with van der Waals surface area (Å²) in [6.45, 7) is 6.10. The van der Waals surface area contributed by atoms with Gasteiger partial charge in [0, 0.05) is 24.9 Å². The number of amides is 1. The van der Waals surface area contributed by atoms with Crippen LogP contribution in [0.3, 0.4) is 0 Å². The highest BCUT2D eigenvalue weighted by Crippen LogP contribution is 2.37. The minimum Gasteiger partial charge on any atom is -0.444 e. The van der Waals surface area contributed by atoms with E-state index in [4.69, 9.17) is 4.74 Å². The maximum absolute atomic E-state index is 11.9. The first-order chi connectivity index (χ1) is 7.38. The number of rotatable bonds is 0. The number of fused-ring (bicyclic) bond motifs is 1. The fourth-order valence-corrected chi connectivity index (χ4v) is 2.36. The van der Waals surface area contributed by atoms with E-state index in [0.29, 0.717) is 18.7 Å². The Balaban J connectivity index is 2.00. The molecular formula is C12H19NO3. The molecule has 2 aliphatic rings. The summed E-state index contributed by atoms with van der Waals surface area (Å²) in [5.41, 5.74) is -0.461. The summed E-state index contributed by atoms with van der Waals surface area (Å²) in [5, 5.41) is 0. The standard InChI is InChI=1S/C12H19NO3/c1-12(2,3)16-11(15)13-7-6-10(14)8-4-5-9(8)13/h8-9H,4-7H2,1-3H3/t8-,9+/m0/s1. The lowest BCUT2D eigenvalue weighted by atomic mass is 9.72. The SMILES string of the molecule is CC(C)(C)OC(=O)N1CCC(=O)[C@H]2CC[C@H]21. The van der Waals surface area contributed by atoms with Crippen LogP contribution in [-0.4, -0.2) is 35.0 Å². The molecule has 0 radical (unpaired) electrons. The number of piperidine rings is 1. The maximum atomic E-state index is 11.9. The Hall–Kier alpha value is -1.06. The molecule has 0 aromatic carbocycles. The number of nitrogens with zero attached hydrogens (tertiary/aromatic N) is 1. The molecule has 2 atom stereocenters. The van der Waals surface area contributed by atoms with E-state index < -0.39 is 5.60 Å². The average Bonchev–Trinajstić information content (AvgIpc) is 2.04. The number of Topliss-reactive ketones (excluding diaryl/α,β-unsaturated/α-hetero) is 1. The third kappa shape index (κ3) is 2.06. The molecule has 0 unspecified atom stereocenters. The zero-order valence-corrected chi connectivity index (χ0v) is 10.2. The van der Waals surface area contributed by atoms with E-state index in [9.17, 15) is 9.59 Å². The van der Waals surface area contributed by atoms with Gasteiger partial charge in [0.15, 0.2) is 0 Å². The molecule has 1 aliphatic heterocycles. The molecule has 1 amide bonds. The molecule has 1 aliphatic carbocycles. The summed E-state index contributed by atoms with van der Waals surface area (Å²) in [6.07, 6.45) is 2.09. The first kappa shape index (κ1) is 11.4. The molecule has 0 bridgehead atoms. The minimum atomic E-state index is -0.461. The predicted molar refractivity (Wildman–Crippen MR) is 59.1 cm³/mol. The number of ketones is 1. The van der Waals surface area contributed by atoms with E-state index >= 15 is 0 Å². The van der Waals surface area contributed by atoms with Gasteiger partial charge in [0.1, 0.15) is 11.4 Å². The van der Waals surface area contributed by atoms with Crippen LogP contribution in [0.4, 0.5) is 4.79 Å². The highest BCUT2D eigenvalue weighted by molar-refractivity contribution is 5.85. The van der Waals surface area contributed by atoms with Crippen LogP contribution in [0, 0.1) is 5.92 Å². The van der Waals surface area contributed by atoms with Crippen LogP contribution >= 0.6 is 0 Å². The zero-order chi connectivity index (χ0) is 11.9. The Bertz CT molecular complexity index is 319. The molecule has 1 heterocycles. The van der Waals surface area contributed by atoms with Crippen molar-refractivity contribution in [3.8, 4) is 0 Å². The molecule has 0 N–H and O–H groups in total. The highest BCUT2D eigenvalue weighted by Gasteiger charge is 2.46. The molecule has 2 rings (SSSR count). The van der Waals surface area contributed by atoms with Gasteiger partial charge >= 0.3 is 6.09 Å². The van der Waals surface area contributed by atoms with Gasteiger partial charge in [-0.3, -0.25) is 4.79 Å². The smallest absolute Gasteiger partial charge is 0.410 e. The first-order valence-electron chi connectivity index (χ1n) is 5.91. The first-order valence-corrected chi connectivity index (χ1v) is 5.91. The monoisotopic (exact) mass is 225 g/mol. The molecule has 0 spiro atoms. The Kier molecular flexibility index (Phi) is 2.68. The summed E-state index contributed by atoms with van der Waals surface area (Å²) in [4.78, 5) is 25.2. The quantitative estimate of drug-likeness (QED) is 0.633. The van der Waals surface area contributed by atoms with Gasteiger partial charge in [-0.25, -0.2) is 4.79 Å². The summed E-state index contributed by atoms with van der Waals surface area (Å²) in [5.74, 6) is 0.400. The number of likely N-dealkylation sites (tertiary alicyclic amines) is 1. The van der Waals surface area contributed by atoms with Crippen molar-refractivity contribution < 1.29 is 14.3 Å². The lowest BCUT2D eigenvalue weighted by molar-refractivity contribution is -0.133. The molecule has 2 fully saturated rings. The van der Waals surface area contributed by atoms with Crippen molar-refractivity contribution in [2.45, 2.75) is 51.7 Å². The summed E-state index contributed by atoms with van der Waals surface area (Å²) in [6, 6.07) is 0.107. The van der Waals surface area contributed by atoms with Gasteiger partial charge in [0.05, 0.1) is 0 Å². The molecule has 1 saturated heterocycles. The number of carbonyl (C=O) groups is 2. The normalized spacial score (nSPS) is 29.4. The number of hydrogen-bond acceptors (Lipinski definition) is 3. The summed E-state index contributed by atoms with van der Waals surface area (Å²) >= 11 is 0. The van der Waals surface area contributed by atoms with E-state index in [2.05, 4.69) is 0 Å². The van der Waals surface area contributed by atoms with Crippen molar-refractivity contribution in [2.75, 3.05) is 6.54 Å². The van der Waals surface area contributed by atoms with Gasteiger partial charge in [-0.1, -0.05) is 0 Å². The molecule has 0 aromatic heterocycles. The second-order valence-electron chi connectivity index (χ2n) is 5.64. The predicted octanol–water partition coefficient (Wildman–Crippen LogP) is 1.97. The third-order valence-electron chi connectivity index (χ3n) is 3.28. The van der Waals surface area contributed by atoms with E-state index in [1.165, 1.54) is 0 Å². The van der Waals surface area contributed by atoms with Gasteiger partial charge in [0.2, 0.25) is 0 Å². The van der Waals surface area contributed by atoms with Crippen molar-refractivity contribution in [3.05, 3.63) is 0 Å². The number of hydrogen-bond donors (Lipinski definition) is 0. The topological polar surface area (TPSA) is 46.6 Å². The Morgan fingerprint density at radius 1 is 1.38 bits per heavy atom. The molecule has 0 aromatic rings. The van der Waals surface area contributed by atoms with Crippen LogP contribution in [0.25, 0.3) is 0 Å². The minimum absolute atomic E-state index is 0.0845. The number of carbonyl (C=O) groups excluding carboxylic acids is 2. The van der Waals surface area contributed by atoms with Crippen molar-refractivity contribution in [3.63, 3.8) is 0 Å². The van der Waals surface area contributed by atoms with E-state index in [-0.39, 0.29) is 18.1 Å². The van der Waals surface area contributed by atoms with Crippen molar-refractivity contribution in [2.24, 2.45) is 5.92 Å². The molecule has 4 nitrogen and oxygen atoms in total. The average molecular weight is 225 g/mol. The zero-order valence-electron chi connectivity index (χ0n) is 10.2. The largest absolute Gasteiger partial charge is 0.444 e. The van der Waals surface area contributed by atoms with Crippen LogP contribution in [-0.2, 0) is 9.53 Å². The lowest BCUT2D eigenvalue weighted by Gasteiger charge is -2.47. The molecule has 1 saturated carbocycles. The fourth-order valence-electron chi connectivity index (χ4n) is 2.36. The van der Waals surface area contributed by atoms with Crippen LogP contribution in [0.15, 0.2) is 0 Å². The van der Waals surface area contributed by atoms with Crippen molar-refractivity contribution >= 4 is 11.9 Å². The molecule has 16 heavy (non-hydrogen) atoms. The van der Waals surface area contributed by atoms with Crippen LogP contribution in [0.5, 0.6) is 0 Å². The summed E-state index contributed by atoms with van der Waals surface area (Å²) < 4.78 is 5.34. The second-order valence-corrected chi connectivity index (χ2v) is 5.64. The second kappa shape index (κ2) is 3.75. The fraction of sp³-hybridized carbons (Fsp3) is 0.833. The molecule has 4 heteroatoms. The van der Waals surface area contributed by atoms with Crippen LogP contribution < -0.4 is 0 Å². The van der Waals surface area contributed by atoms with Crippen LogP contribution in [0.1, 0.15) is 40.0 Å². The third-order valence-corrected chi connectivity index (χ3v) is 3.28. The van der Waals surface area contributed by atoms with Gasteiger partial charge in [0.25, 0.3) is 0 Å². The number of ether oxygens (including phenoxy) is 1. The van der Waals surface area contributed by atoms with Gasteiger partial charge in [-0.15, -0.1) is 0 Å². The Labute approximate surface area is 95.9 Å². The van der Waals surface area contributed by atoms with Gasteiger partial charge < -0.3 is 9.64 Å². The lowest BCUT2D eigenvalue weighted by Crippen LogP contribution is -2.57. The van der Waals surface area contributed by atoms with Crippen molar-refractivity contribution in [1.82, 2.24) is 4.90 Å². The van der Waals surface area contributed by atoms with Gasteiger partial charge in [-0.2, -0.15) is 0 Å². The highest BCUT2D eigenvalue weighted by atomic mass is 16.6. The summed E-state index contributed by atoms with van der Waals surface area (Å²) in [7, 11) is 0. The van der Waals surface area contributed by atoms with Gasteiger partial charge in [-0.05, 0) is 33.6 Å². The Morgan fingerprint density at radius 2 is 2.06 bits per heavy atom. The molecular weight excluding hydrogens is 206 g/mol. The van der Waals surface area contributed by atoms with E-state index in [0.717, 1.165) is 12.8 Å². The van der Waals surface area contributed by atoms with Crippen LogP contribution in [0.2, 0.25) is 0 Å². The van der Waals surface area contributed by atoms with E-state index in [1.807, 2.05) is 20.8 Å². The Morgan fingerprint density at radius 3 is 2.56 bits per heavy atom. The van der Waals surface area contributed by atoms with Crippen molar-refractivity contribution in [1.29, 1.82) is 0 Å². The van der Waals surface area contributed by atoms with E-state index in [1.54, 1.807) is 4.90 Å².